The zero-order valence-corrected chi connectivity index (χ0v) is 16.8. The van der Waals surface area contributed by atoms with E-state index in [1.165, 1.54) is 23.6 Å². The molecule has 2 rings (SSSR count). The number of amides is 2. The van der Waals surface area contributed by atoms with Crippen molar-refractivity contribution in [1.82, 2.24) is 20.5 Å². The monoisotopic (exact) mass is 422 g/mol. The number of rotatable bonds is 9. The summed E-state index contributed by atoms with van der Waals surface area (Å²) in [5, 5.41) is 12.2. The van der Waals surface area contributed by atoms with Gasteiger partial charge in [0.05, 0.1) is 4.21 Å². The molecule has 9 nitrogen and oxygen atoms in total. The highest BCUT2D eigenvalue weighted by Crippen LogP contribution is 2.33. The first-order valence-corrected chi connectivity index (χ1v) is 9.78. The van der Waals surface area contributed by atoms with Crippen LogP contribution in [0, 0.1) is 0 Å². The van der Waals surface area contributed by atoms with Gasteiger partial charge in [-0.2, -0.15) is 0 Å². The molecule has 0 aliphatic rings. The van der Waals surface area contributed by atoms with Crippen molar-refractivity contribution >= 4 is 35.1 Å². The van der Waals surface area contributed by atoms with Crippen LogP contribution in [0.4, 0.5) is 0 Å². The Hall–Kier alpha value is -2.57. The molecule has 0 aliphatic carbocycles. The van der Waals surface area contributed by atoms with E-state index in [1.54, 1.807) is 24.5 Å². The molecule has 2 amide bonds. The molecule has 1 aromatic carbocycles. The summed E-state index contributed by atoms with van der Waals surface area (Å²) in [6.07, 6.45) is 1.41. The summed E-state index contributed by atoms with van der Waals surface area (Å²) >= 11 is 3.00. The molecule has 8 N–H and O–H groups in total. The molecule has 11 heteroatoms. The van der Waals surface area contributed by atoms with Gasteiger partial charge >= 0.3 is 0 Å². The summed E-state index contributed by atoms with van der Waals surface area (Å²) in [5.74, 6) is 4.83. The lowest BCUT2D eigenvalue weighted by molar-refractivity contribution is -0.129. The molecule has 0 bridgehead atoms. The Morgan fingerprint density at radius 2 is 2.11 bits per heavy atom. The first kappa shape index (κ1) is 21.7. The van der Waals surface area contributed by atoms with Gasteiger partial charge in [0.25, 0.3) is 11.8 Å². The first-order chi connectivity index (χ1) is 13.4. The number of hydroxylamine groups is 1. The zero-order chi connectivity index (χ0) is 20.5. The maximum Gasteiger partial charge on any atom is 0.264 e. The summed E-state index contributed by atoms with van der Waals surface area (Å²) < 4.78 is 4.14. The van der Waals surface area contributed by atoms with Crippen molar-refractivity contribution in [1.29, 1.82) is 0 Å². The van der Waals surface area contributed by atoms with Gasteiger partial charge in [-0.25, -0.2) is 11.3 Å². The van der Waals surface area contributed by atoms with Gasteiger partial charge in [-0.1, -0.05) is 12.1 Å². The quantitative estimate of drug-likeness (QED) is 0.151. The maximum absolute atomic E-state index is 11.8. The van der Waals surface area contributed by atoms with Crippen LogP contribution in [0.1, 0.15) is 10.4 Å². The molecule has 0 saturated heterocycles. The summed E-state index contributed by atoms with van der Waals surface area (Å²) in [5.41, 5.74) is 9.34. The lowest BCUT2D eigenvalue weighted by Gasteiger charge is -2.13. The summed E-state index contributed by atoms with van der Waals surface area (Å²) in [4.78, 5) is 23.8. The van der Waals surface area contributed by atoms with Crippen molar-refractivity contribution in [3.63, 3.8) is 0 Å². The van der Waals surface area contributed by atoms with E-state index in [-0.39, 0.29) is 12.5 Å². The van der Waals surface area contributed by atoms with Crippen molar-refractivity contribution in [3.05, 3.63) is 53.9 Å². The number of carbonyl (C=O) groups excluding carboxylic acids is 2. The van der Waals surface area contributed by atoms with Gasteiger partial charge in [0.1, 0.15) is 6.54 Å². The third kappa shape index (κ3) is 6.55. The predicted octanol–water partition coefficient (Wildman–Crippen LogP) is 0.853. The minimum Gasteiger partial charge on any atom is -0.400 e. The molecule has 0 saturated carbocycles. The molecule has 0 unspecified atom stereocenters. The molecule has 1 heterocycles. The van der Waals surface area contributed by atoms with Crippen LogP contribution < -0.4 is 27.1 Å². The smallest absolute Gasteiger partial charge is 0.264 e. The molecule has 1 aromatic heterocycles. The molecule has 0 atom stereocenters. The van der Waals surface area contributed by atoms with E-state index >= 15 is 0 Å². The van der Waals surface area contributed by atoms with Gasteiger partial charge in [0, 0.05) is 35.9 Å². The van der Waals surface area contributed by atoms with Crippen LogP contribution in [0.15, 0.2) is 52.5 Å². The second-order valence-corrected chi connectivity index (χ2v) is 7.89. The van der Waals surface area contributed by atoms with Crippen molar-refractivity contribution in [2.24, 2.45) is 11.6 Å². The molecular formula is C17H22N6O3S2. The Balaban J connectivity index is 1.90. The second kappa shape index (κ2) is 10.7. The molecular weight excluding hydrogens is 400 g/mol. The number of hydrogen-bond donors (Lipinski definition) is 6. The van der Waals surface area contributed by atoms with Crippen LogP contribution in [0.25, 0.3) is 10.4 Å². The van der Waals surface area contributed by atoms with Crippen LogP contribution >= 0.6 is 23.3 Å². The summed E-state index contributed by atoms with van der Waals surface area (Å²) in [6, 6.07) is 11.4. The van der Waals surface area contributed by atoms with E-state index in [2.05, 4.69) is 10.0 Å². The lowest BCUT2D eigenvalue weighted by Crippen LogP contribution is -2.37. The second-order valence-electron chi connectivity index (χ2n) is 5.61. The van der Waals surface area contributed by atoms with Crippen LogP contribution in [0.3, 0.4) is 0 Å². The highest BCUT2D eigenvalue weighted by Gasteiger charge is 2.08. The van der Waals surface area contributed by atoms with Crippen LogP contribution in [-0.2, 0) is 4.79 Å². The minimum absolute atomic E-state index is 0.123. The van der Waals surface area contributed by atoms with Gasteiger partial charge in [-0.3, -0.25) is 19.5 Å². The van der Waals surface area contributed by atoms with E-state index in [4.69, 9.17) is 16.8 Å². The molecule has 0 fully saturated rings. The first-order valence-electron chi connectivity index (χ1n) is 8.15. The topological polar surface area (TPSA) is 146 Å². The Labute approximate surface area is 170 Å². The highest BCUT2D eigenvalue weighted by molar-refractivity contribution is 7.99. The number of benzene rings is 1. The third-order valence-corrected chi connectivity index (χ3v) is 5.50. The van der Waals surface area contributed by atoms with Crippen molar-refractivity contribution in [2.75, 3.05) is 20.1 Å². The Kier molecular flexibility index (Phi) is 8.29. The SMILES string of the molecule is CNC(=O)c1cccc(-c2ccc(SNC/C(N)=C/N(N)CC(=O)NO)s2)c1. The number of nitrogens with zero attached hydrogens (tertiary/aromatic N) is 1. The van der Waals surface area contributed by atoms with E-state index in [0.717, 1.165) is 19.7 Å². The highest BCUT2D eigenvalue weighted by atomic mass is 32.2. The Morgan fingerprint density at radius 3 is 2.82 bits per heavy atom. The van der Waals surface area contributed by atoms with E-state index in [1.807, 2.05) is 30.3 Å². The summed E-state index contributed by atoms with van der Waals surface area (Å²) in [7, 11) is 1.60. The number of nitrogens with one attached hydrogen (secondary N) is 3. The number of carbonyl (C=O) groups is 2. The average Bonchev–Trinajstić information content (AvgIpc) is 3.16. The standard InChI is InChI=1S/C17H22N6O3S2/c1-20-17(25)12-4-2-3-11(7-12)14-5-6-16(27-14)28-21-8-13(18)9-23(19)10-15(24)22-26/h2-7,9,21,26H,8,10,18-19H2,1H3,(H,20,25)(H,22,24)/b13-9-. The number of thiophene rings is 1. The van der Waals surface area contributed by atoms with Gasteiger partial charge in [0.2, 0.25) is 0 Å². The lowest BCUT2D eigenvalue weighted by atomic mass is 10.1. The van der Waals surface area contributed by atoms with Crippen molar-refractivity contribution in [2.45, 2.75) is 4.21 Å². The van der Waals surface area contributed by atoms with Crippen LogP contribution in [0.2, 0.25) is 0 Å². The molecule has 0 spiro atoms. The third-order valence-electron chi connectivity index (χ3n) is 3.45. The Bertz CT molecular complexity index is 855. The average molecular weight is 423 g/mol. The molecule has 0 aliphatic heterocycles. The van der Waals surface area contributed by atoms with Crippen LogP contribution in [0.5, 0.6) is 0 Å². The molecule has 150 valence electrons. The number of hydrogen-bond acceptors (Lipinski definition) is 9. The Morgan fingerprint density at radius 1 is 1.32 bits per heavy atom. The van der Waals surface area contributed by atoms with Gasteiger partial charge in [-0.05, 0) is 41.8 Å². The number of hydrazine groups is 1. The molecule has 28 heavy (non-hydrogen) atoms. The molecule has 0 radical (unpaired) electrons. The largest absolute Gasteiger partial charge is 0.400 e. The van der Waals surface area contributed by atoms with Crippen molar-refractivity contribution in [3.8, 4) is 10.4 Å². The maximum atomic E-state index is 11.8. The van der Waals surface area contributed by atoms with Gasteiger partial charge < -0.3 is 16.1 Å². The normalized spacial score (nSPS) is 11.2. The zero-order valence-electron chi connectivity index (χ0n) is 15.1. The predicted molar refractivity (Wildman–Crippen MR) is 110 cm³/mol. The fraction of sp³-hybridized carbons (Fsp3) is 0.176. The van der Waals surface area contributed by atoms with Crippen molar-refractivity contribution < 1.29 is 14.8 Å². The fourth-order valence-electron chi connectivity index (χ4n) is 2.18. The minimum atomic E-state index is -0.638. The van der Waals surface area contributed by atoms with E-state index in [0.29, 0.717) is 17.8 Å². The molecule has 2 aromatic rings. The van der Waals surface area contributed by atoms with Crippen LogP contribution in [-0.4, -0.2) is 42.2 Å². The van der Waals surface area contributed by atoms with E-state index < -0.39 is 5.91 Å². The van der Waals surface area contributed by atoms with Gasteiger partial charge in [-0.15, -0.1) is 11.3 Å². The number of nitrogens with two attached hydrogens (primary N) is 2. The summed E-state index contributed by atoms with van der Waals surface area (Å²) in [6.45, 7) is 0.131. The van der Waals surface area contributed by atoms with Gasteiger partial charge in [0.15, 0.2) is 0 Å². The fourth-order valence-corrected chi connectivity index (χ4v) is 4.05. The van der Waals surface area contributed by atoms with E-state index in [9.17, 15) is 9.59 Å².